The lowest BCUT2D eigenvalue weighted by atomic mass is 10.2. The second-order valence-electron chi connectivity index (χ2n) is 6.61. The third-order valence-corrected chi connectivity index (χ3v) is 4.76. The second-order valence-corrected chi connectivity index (χ2v) is 6.61. The van der Waals surface area contributed by atoms with E-state index in [0.717, 1.165) is 17.0 Å². The average Bonchev–Trinajstić information content (AvgIpc) is 2.69. The highest BCUT2D eigenvalue weighted by Gasteiger charge is 2.26. The van der Waals surface area contributed by atoms with Gasteiger partial charge in [0.25, 0.3) is 11.6 Å². The maximum atomic E-state index is 12.7. The Morgan fingerprint density at radius 1 is 1.07 bits per heavy atom. The van der Waals surface area contributed by atoms with Crippen LogP contribution in [0.3, 0.4) is 0 Å². The molecule has 1 atom stereocenters. The van der Waals surface area contributed by atoms with Crippen molar-refractivity contribution in [3.63, 3.8) is 0 Å². The molecule has 1 amide bonds. The maximum Gasteiger partial charge on any atom is 0.269 e. The standard InChI is InChI=1S/C20H23N3O4/c1-15-5-3-4-6-19(15)27-16(2)20(24)22-13-11-21(12-14-22)17-7-9-18(10-8-17)23(25)26/h3-10,16H,11-14H2,1-2H3. The van der Waals surface area contributed by atoms with Gasteiger partial charge in [-0.25, -0.2) is 0 Å². The number of nitrogens with zero attached hydrogens (tertiary/aromatic N) is 3. The number of hydrogen-bond acceptors (Lipinski definition) is 5. The van der Waals surface area contributed by atoms with Crippen molar-refractivity contribution in [3.8, 4) is 5.75 Å². The number of carbonyl (C=O) groups excluding carboxylic acids is 1. The molecule has 0 spiro atoms. The molecule has 2 aromatic rings. The van der Waals surface area contributed by atoms with Crippen molar-refractivity contribution >= 4 is 17.3 Å². The monoisotopic (exact) mass is 369 g/mol. The van der Waals surface area contributed by atoms with Gasteiger partial charge in [-0.3, -0.25) is 14.9 Å². The smallest absolute Gasteiger partial charge is 0.269 e. The number of nitro benzene ring substituents is 1. The molecule has 7 heteroatoms. The molecule has 0 N–H and O–H groups in total. The fraction of sp³-hybridized carbons (Fsp3) is 0.350. The highest BCUT2D eigenvalue weighted by atomic mass is 16.6. The van der Waals surface area contributed by atoms with Gasteiger partial charge in [0.05, 0.1) is 4.92 Å². The second kappa shape index (κ2) is 8.07. The van der Waals surface area contributed by atoms with Gasteiger partial charge in [-0.15, -0.1) is 0 Å². The van der Waals surface area contributed by atoms with Gasteiger partial charge in [0.2, 0.25) is 0 Å². The zero-order valence-corrected chi connectivity index (χ0v) is 15.5. The van der Waals surface area contributed by atoms with Gasteiger partial charge in [-0.05, 0) is 37.6 Å². The van der Waals surface area contributed by atoms with Crippen molar-refractivity contribution in [3.05, 3.63) is 64.2 Å². The van der Waals surface area contributed by atoms with Crippen LogP contribution in [0.4, 0.5) is 11.4 Å². The lowest BCUT2D eigenvalue weighted by molar-refractivity contribution is -0.384. The molecule has 0 aliphatic carbocycles. The Morgan fingerprint density at radius 3 is 2.30 bits per heavy atom. The summed E-state index contributed by atoms with van der Waals surface area (Å²) in [5, 5.41) is 10.8. The van der Waals surface area contributed by atoms with Crippen LogP contribution in [0.15, 0.2) is 48.5 Å². The van der Waals surface area contributed by atoms with E-state index in [4.69, 9.17) is 4.74 Å². The third kappa shape index (κ3) is 4.36. The molecular formula is C20H23N3O4. The van der Waals surface area contributed by atoms with Crippen molar-refractivity contribution in [1.29, 1.82) is 0 Å². The van der Waals surface area contributed by atoms with Crippen LogP contribution in [-0.4, -0.2) is 48.0 Å². The van der Waals surface area contributed by atoms with Crippen molar-refractivity contribution in [2.24, 2.45) is 0 Å². The lowest BCUT2D eigenvalue weighted by Gasteiger charge is -2.37. The number of rotatable bonds is 5. The molecule has 2 aromatic carbocycles. The Kier molecular flexibility index (Phi) is 5.59. The Bertz CT molecular complexity index is 814. The van der Waals surface area contributed by atoms with Crippen LogP contribution in [0, 0.1) is 17.0 Å². The van der Waals surface area contributed by atoms with Crippen LogP contribution in [0.1, 0.15) is 12.5 Å². The number of para-hydroxylation sites is 1. The van der Waals surface area contributed by atoms with Crippen LogP contribution in [-0.2, 0) is 4.79 Å². The summed E-state index contributed by atoms with van der Waals surface area (Å²) in [7, 11) is 0. The van der Waals surface area contributed by atoms with Crippen molar-refractivity contribution in [2.75, 3.05) is 31.1 Å². The van der Waals surface area contributed by atoms with Crippen LogP contribution in [0.5, 0.6) is 5.75 Å². The average molecular weight is 369 g/mol. The quantitative estimate of drug-likeness (QED) is 0.598. The molecule has 27 heavy (non-hydrogen) atoms. The highest BCUT2D eigenvalue weighted by molar-refractivity contribution is 5.81. The first-order chi connectivity index (χ1) is 13.0. The summed E-state index contributed by atoms with van der Waals surface area (Å²) in [5.41, 5.74) is 2.01. The Morgan fingerprint density at radius 2 is 1.70 bits per heavy atom. The molecule has 142 valence electrons. The van der Waals surface area contributed by atoms with Gasteiger partial charge in [-0.2, -0.15) is 0 Å². The van der Waals surface area contributed by atoms with Gasteiger partial charge in [0.15, 0.2) is 6.10 Å². The van der Waals surface area contributed by atoms with Gasteiger partial charge >= 0.3 is 0 Å². The van der Waals surface area contributed by atoms with E-state index in [0.29, 0.717) is 26.2 Å². The minimum Gasteiger partial charge on any atom is -0.481 e. The number of hydrogen-bond donors (Lipinski definition) is 0. The largest absolute Gasteiger partial charge is 0.481 e. The van der Waals surface area contributed by atoms with E-state index >= 15 is 0 Å². The van der Waals surface area contributed by atoms with Gasteiger partial charge in [-0.1, -0.05) is 18.2 Å². The summed E-state index contributed by atoms with van der Waals surface area (Å²) >= 11 is 0. The summed E-state index contributed by atoms with van der Waals surface area (Å²) in [6.07, 6.45) is -0.544. The number of amides is 1. The molecule has 1 fully saturated rings. The fourth-order valence-electron chi connectivity index (χ4n) is 3.16. The maximum absolute atomic E-state index is 12.7. The summed E-state index contributed by atoms with van der Waals surface area (Å²) in [6.45, 7) is 6.28. The van der Waals surface area contributed by atoms with Crippen LogP contribution >= 0.6 is 0 Å². The van der Waals surface area contributed by atoms with Crippen LogP contribution < -0.4 is 9.64 Å². The van der Waals surface area contributed by atoms with Crippen LogP contribution in [0.2, 0.25) is 0 Å². The van der Waals surface area contributed by atoms with Crippen LogP contribution in [0.25, 0.3) is 0 Å². The molecule has 0 radical (unpaired) electrons. The summed E-state index contributed by atoms with van der Waals surface area (Å²) in [6, 6.07) is 14.2. The summed E-state index contributed by atoms with van der Waals surface area (Å²) in [4.78, 5) is 27.0. The van der Waals surface area contributed by atoms with E-state index in [1.54, 1.807) is 19.1 Å². The van der Waals surface area contributed by atoms with Crippen molar-refractivity contribution < 1.29 is 14.5 Å². The van der Waals surface area contributed by atoms with Gasteiger partial charge in [0.1, 0.15) is 5.75 Å². The molecule has 1 unspecified atom stereocenters. The van der Waals surface area contributed by atoms with Crippen molar-refractivity contribution in [1.82, 2.24) is 4.90 Å². The first-order valence-corrected chi connectivity index (χ1v) is 8.96. The number of carbonyl (C=O) groups is 1. The summed E-state index contributed by atoms with van der Waals surface area (Å²) in [5.74, 6) is 0.699. The number of benzene rings is 2. The topological polar surface area (TPSA) is 75.9 Å². The zero-order chi connectivity index (χ0) is 19.4. The third-order valence-electron chi connectivity index (χ3n) is 4.76. The number of anilines is 1. The highest BCUT2D eigenvalue weighted by Crippen LogP contribution is 2.22. The van der Waals surface area contributed by atoms with E-state index in [-0.39, 0.29) is 11.6 Å². The molecule has 7 nitrogen and oxygen atoms in total. The number of ether oxygens (including phenoxy) is 1. The van der Waals surface area contributed by atoms with E-state index in [1.165, 1.54) is 12.1 Å². The Labute approximate surface area is 158 Å². The molecule has 0 bridgehead atoms. The molecule has 0 aromatic heterocycles. The molecular weight excluding hydrogens is 346 g/mol. The molecule has 3 rings (SSSR count). The predicted octanol–water partition coefficient (Wildman–Crippen LogP) is 3.02. The van der Waals surface area contributed by atoms with E-state index in [2.05, 4.69) is 4.90 Å². The predicted molar refractivity (Wildman–Crippen MR) is 103 cm³/mol. The molecule has 1 heterocycles. The van der Waals surface area contributed by atoms with E-state index < -0.39 is 11.0 Å². The molecule has 1 aliphatic heterocycles. The minimum absolute atomic E-state index is 0.0263. The lowest BCUT2D eigenvalue weighted by Crippen LogP contribution is -2.52. The summed E-state index contributed by atoms with van der Waals surface area (Å²) < 4.78 is 5.84. The number of non-ortho nitro benzene ring substituents is 1. The normalized spacial score (nSPS) is 15.3. The SMILES string of the molecule is Cc1ccccc1OC(C)C(=O)N1CCN(c2ccc([N+](=O)[O-])cc2)CC1. The number of piperazine rings is 1. The minimum atomic E-state index is -0.544. The molecule has 1 saturated heterocycles. The Hall–Kier alpha value is -3.09. The first-order valence-electron chi connectivity index (χ1n) is 8.96. The first kappa shape index (κ1) is 18.7. The van der Waals surface area contributed by atoms with Gasteiger partial charge in [0, 0.05) is 44.0 Å². The number of aryl methyl sites for hydroxylation is 1. The van der Waals surface area contributed by atoms with E-state index in [9.17, 15) is 14.9 Å². The molecule has 0 saturated carbocycles. The van der Waals surface area contributed by atoms with E-state index in [1.807, 2.05) is 36.1 Å². The Balaban J connectivity index is 1.55. The van der Waals surface area contributed by atoms with Crippen molar-refractivity contribution in [2.45, 2.75) is 20.0 Å². The molecule has 1 aliphatic rings. The zero-order valence-electron chi connectivity index (χ0n) is 15.5. The number of nitro groups is 1. The van der Waals surface area contributed by atoms with Gasteiger partial charge < -0.3 is 14.5 Å². The fourth-order valence-corrected chi connectivity index (χ4v) is 3.16.